The van der Waals surface area contributed by atoms with Crippen molar-refractivity contribution in [2.24, 2.45) is 0 Å². The Balaban J connectivity index is 1.68. The fraction of sp³-hybridized carbons (Fsp3) is 0.409. The number of carbonyl (C=O) groups is 1. The summed E-state index contributed by atoms with van der Waals surface area (Å²) >= 11 is 1.56. The molecule has 9 heteroatoms. The van der Waals surface area contributed by atoms with Crippen molar-refractivity contribution in [2.75, 3.05) is 48.5 Å². The Morgan fingerprint density at radius 1 is 1.10 bits per heavy atom. The molecule has 0 spiro atoms. The largest absolute Gasteiger partial charge is 0.378 e. The van der Waals surface area contributed by atoms with Crippen molar-refractivity contribution in [3.8, 4) is 0 Å². The molecule has 1 amide bonds. The Kier molecular flexibility index (Phi) is 8.36. The zero-order chi connectivity index (χ0) is 22.3. The summed E-state index contributed by atoms with van der Waals surface area (Å²) in [6.07, 6.45) is 2.32. The van der Waals surface area contributed by atoms with E-state index in [1.165, 1.54) is 0 Å². The highest BCUT2D eigenvalue weighted by molar-refractivity contribution is 7.98. The molecule has 2 aromatic rings. The van der Waals surface area contributed by atoms with Crippen molar-refractivity contribution in [2.45, 2.75) is 24.3 Å². The first-order valence-electron chi connectivity index (χ1n) is 10.2. The minimum Gasteiger partial charge on any atom is -0.378 e. The van der Waals surface area contributed by atoms with Gasteiger partial charge >= 0.3 is 0 Å². The molecule has 0 aliphatic carbocycles. The first kappa shape index (κ1) is 23.6. The predicted octanol–water partition coefficient (Wildman–Crippen LogP) is 2.87. The van der Waals surface area contributed by atoms with Gasteiger partial charge in [-0.2, -0.15) is 16.5 Å². The molecular formula is C22H29N3O4S2. The molecule has 7 nitrogen and oxygen atoms in total. The molecule has 31 heavy (non-hydrogen) atoms. The second kappa shape index (κ2) is 11.0. The number of amides is 1. The van der Waals surface area contributed by atoms with Gasteiger partial charge in [0.25, 0.3) is 0 Å². The third kappa shape index (κ3) is 6.70. The van der Waals surface area contributed by atoms with Gasteiger partial charge in [0.05, 0.1) is 18.1 Å². The Morgan fingerprint density at radius 2 is 1.74 bits per heavy atom. The number of nitrogens with zero attached hydrogens (tertiary/aromatic N) is 1. The Morgan fingerprint density at radius 3 is 2.35 bits per heavy atom. The second-order valence-electron chi connectivity index (χ2n) is 7.40. The SMILES string of the molecule is CSCCC(NS(=O)(=O)c1ccc(C)cc1)C(=O)Nc1ccc(N2CCOCC2)cc1. The second-order valence-corrected chi connectivity index (χ2v) is 10.1. The Labute approximate surface area is 188 Å². The third-order valence-corrected chi connectivity index (χ3v) is 7.20. The van der Waals surface area contributed by atoms with Gasteiger partial charge in [-0.25, -0.2) is 8.42 Å². The molecule has 0 radical (unpaired) electrons. The van der Waals surface area contributed by atoms with Crippen LogP contribution in [0.3, 0.4) is 0 Å². The molecule has 0 saturated carbocycles. The summed E-state index contributed by atoms with van der Waals surface area (Å²) in [7, 11) is -3.80. The van der Waals surface area contributed by atoms with Crippen LogP contribution in [-0.2, 0) is 19.6 Å². The van der Waals surface area contributed by atoms with Gasteiger partial charge in [0.1, 0.15) is 6.04 Å². The molecule has 168 valence electrons. The molecule has 3 rings (SSSR count). The van der Waals surface area contributed by atoms with E-state index in [-0.39, 0.29) is 10.8 Å². The van der Waals surface area contributed by atoms with Crippen LogP contribution < -0.4 is 14.9 Å². The number of nitrogens with one attached hydrogen (secondary N) is 2. The number of hydrogen-bond donors (Lipinski definition) is 2. The summed E-state index contributed by atoms with van der Waals surface area (Å²) in [6, 6.07) is 13.3. The highest BCUT2D eigenvalue weighted by Crippen LogP contribution is 2.20. The quantitative estimate of drug-likeness (QED) is 0.595. The summed E-state index contributed by atoms with van der Waals surface area (Å²) in [5, 5.41) is 2.85. The number of carbonyl (C=O) groups excluding carboxylic acids is 1. The normalized spacial score (nSPS) is 15.5. The summed E-state index contributed by atoms with van der Waals surface area (Å²) in [5.74, 6) is 0.286. The maximum Gasteiger partial charge on any atom is 0.242 e. The van der Waals surface area contributed by atoms with E-state index in [4.69, 9.17) is 4.74 Å². The molecule has 0 bridgehead atoms. The fourth-order valence-electron chi connectivity index (χ4n) is 3.26. The van der Waals surface area contributed by atoms with E-state index >= 15 is 0 Å². The molecule has 1 aliphatic rings. The summed E-state index contributed by atoms with van der Waals surface area (Å²) in [4.78, 5) is 15.3. The Bertz CT molecular complexity index is 957. The summed E-state index contributed by atoms with van der Waals surface area (Å²) in [6.45, 7) is 4.98. The number of thioether (sulfide) groups is 1. The molecule has 1 fully saturated rings. The number of anilines is 2. The standard InChI is InChI=1S/C22H29N3O4S2/c1-17-3-9-20(10-4-17)31(27,28)24-21(11-16-30-2)22(26)23-18-5-7-19(8-6-18)25-12-14-29-15-13-25/h3-10,21,24H,11-16H2,1-2H3,(H,23,26). The summed E-state index contributed by atoms with van der Waals surface area (Å²) < 4.78 is 33.5. The maximum atomic E-state index is 12.9. The van der Waals surface area contributed by atoms with Crippen molar-refractivity contribution >= 4 is 39.1 Å². The van der Waals surface area contributed by atoms with Gasteiger partial charge in [0.15, 0.2) is 0 Å². The fourth-order valence-corrected chi connectivity index (χ4v) is 4.96. The molecule has 1 aliphatic heterocycles. The molecule has 0 aromatic heterocycles. The van der Waals surface area contributed by atoms with E-state index in [9.17, 15) is 13.2 Å². The van der Waals surface area contributed by atoms with Crippen LogP contribution in [0.4, 0.5) is 11.4 Å². The lowest BCUT2D eigenvalue weighted by Crippen LogP contribution is -2.44. The number of rotatable bonds is 9. The first-order chi connectivity index (χ1) is 14.9. The lowest BCUT2D eigenvalue weighted by molar-refractivity contribution is -0.117. The van der Waals surface area contributed by atoms with Crippen LogP contribution in [0, 0.1) is 6.92 Å². The van der Waals surface area contributed by atoms with Crippen molar-refractivity contribution in [1.82, 2.24) is 4.72 Å². The van der Waals surface area contributed by atoms with Gasteiger partial charge in [-0.15, -0.1) is 0 Å². The van der Waals surface area contributed by atoms with Crippen molar-refractivity contribution in [3.05, 3.63) is 54.1 Å². The number of ether oxygens (including phenoxy) is 1. The minimum atomic E-state index is -3.80. The molecule has 2 aromatic carbocycles. The molecule has 1 saturated heterocycles. The van der Waals surface area contributed by atoms with Crippen molar-refractivity contribution < 1.29 is 17.9 Å². The van der Waals surface area contributed by atoms with Crippen LogP contribution in [0.25, 0.3) is 0 Å². The molecule has 2 N–H and O–H groups in total. The number of morpholine rings is 1. The molecule has 1 atom stereocenters. The lowest BCUT2D eigenvalue weighted by atomic mass is 10.2. The Hall–Kier alpha value is -2.07. The summed E-state index contributed by atoms with van der Waals surface area (Å²) in [5.41, 5.74) is 2.67. The topological polar surface area (TPSA) is 87.7 Å². The zero-order valence-corrected chi connectivity index (χ0v) is 19.5. The van der Waals surface area contributed by atoms with Gasteiger partial charge in [-0.3, -0.25) is 4.79 Å². The van der Waals surface area contributed by atoms with E-state index in [2.05, 4.69) is 14.9 Å². The molecular weight excluding hydrogens is 434 g/mol. The lowest BCUT2D eigenvalue weighted by Gasteiger charge is -2.29. The van der Waals surface area contributed by atoms with E-state index < -0.39 is 16.1 Å². The van der Waals surface area contributed by atoms with Gasteiger partial charge in [0.2, 0.25) is 15.9 Å². The highest BCUT2D eigenvalue weighted by Gasteiger charge is 2.25. The van der Waals surface area contributed by atoms with Gasteiger partial charge in [0, 0.05) is 24.5 Å². The van der Waals surface area contributed by atoms with E-state index in [1.807, 2.05) is 37.4 Å². The van der Waals surface area contributed by atoms with Crippen molar-refractivity contribution in [3.63, 3.8) is 0 Å². The van der Waals surface area contributed by atoms with Crippen LogP contribution >= 0.6 is 11.8 Å². The van der Waals surface area contributed by atoms with Gasteiger partial charge < -0.3 is 15.0 Å². The van der Waals surface area contributed by atoms with E-state index in [0.717, 1.165) is 24.3 Å². The van der Waals surface area contributed by atoms with E-state index in [0.29, 0.717) is 31.1 Å². The predicted molar refractivity (Wildman–Crippen MR) is 126 cm³/mol. The number of benzene rings is 2. The third-order valence-electron chi connectivity index (χ3n) is 5.07. The van der Waals surface area contributed by atoms with Crippen LogP contribution in [0.2, 0.25) is 0 Å². The number of aryl methyl sites for hydroxylation is 1. The maximum absolute atomic E-state index is 12.9. The van der Waals surface area contributed by atoms with Crippen LogP contribution in [0.1, 0.15) is 12.0 Å². The minimum absolute atomic E-state index is 0.148. The van der Waals surface area contributed by atoms with Gasteiger partial charge in [-0.1, -0.05) is 17.7 Å². The highest BCUT2D eigenvalue weighted by atomic mass is 32.2. The molecule has 1 unspecified atom stereocenters. The smallest absolute Gasteiger partial charge is 0.242 e. The van der Waals surface area contributed by atoms with Crippen LogP contribution in [0.5, 0.6) is 0 Å². The zero-order valence-electron chi connectivity index (χ0n) is 17.8. The van der Waals surface area contributed by atoms with Crippen molar-refractivity contribution in [1.29, 1.82) is 0 Å². The van der Waals surface area contributed by atoms with Crippen LogP contribution in [-0.4, -0.2) is 58.7 Å². The molecule has 1 heterocycles. The first-order valence-corrected chi connectivity index (χ1v) is 13.1. The average molecular weight is 464 g/mol. The van der Waals surface area contributed by atoms with Gasteiger partial charge in [-0.05, 0) is 61.8 Å². The van der Waals surface area contributed by atoms with Crippen LogP contribution in [0.15, 0.2) is 53.4 Å². The number of sulfonamides is 1. The van der Waals surface area contributed by atoms with E-state index in [1.54, 1.807) is 36.0 Å². The average Bonchev–Trinajstić information content (AvgIpc) is 2.78. The number of hydrogen-bond acceptors (Lipinski definition) is 6. The monoisotopic (exact) mass is 463 g/mol.